The molecule has 0 saturated heterocycles. The minimum atomic E-state index is 0.967. The summed E-state index contributed by atoms with van der Waals surface area (Å²) in [7, 11) is 0. The quantitative estimate of drug-likeness (QED) is 0.291. The van der Waals surface area contributed by atoms with Crippen molar-refractivity contribution < 1.29 is 4.79 Å². The number of carbonyl (C=O) groups is 1. The highest BCUT2D eigenvalue weighted by Gasteiger charge is 1.94. The standard InChI is InChI=1S/C14H26O/c1-3-5-7-8-9-10-12-14(13-15)11-6-4-2/h12-13H,3-11H2,1-2H3/b14-12-. The van der Waals surface area contributed by atoms with Gasteiger partial charge in [0.2, 0.25) is 0 Å². The lowest BCUT2D eigenvalue weighted by Gasteiger charge is -1.99. The van der Waals surface area contributed by atoms with E-state index in [0.29, 0.717) is 0 Å². The fourth-order valence-electron chi connectivity index (χ4n) is 1.63. The van der Waals surface area contributed by atoms with Crippen molar-refractivity contribution in [2.24, 2.45) is 0 Å². The van der Waals surface area contributed by atoms with Gasteiger partial charge >= 0.3 is 0 Å². The first-order valence-corrected chi connectivity index (χ1v) is 6.49. The lowest BCUT2D eigenvalue weighted by molar-refractivity contribution is -0.105. The van der Waals surface area contributed by atoms with Crippen LogP contribution >= 0.6 is 0 Å². The molecule has 0 radical (unpaired) electrons. The van der Waals surface area contributed by atoms with E-state index in [4.69, 9.17) is 0 Å². The summed E-state index contributed by atoms with van der Waals surface area (Å²) >= 11 is 0. The minimum absolute atomic E-state index is 0.967. The molecule has 88 valence electrons. The average molecular weight is 210 g/mol. The SMILES string of the molecule is CCCCCCC/C=C(\C=O)CCCC. The molecule has 0 aliphatic heterocycles. The third kappa shape index (κ3) is 9.71. The second-order valence-corrected chi connectivity index (χ2v) is 4.20. The molecule has 0 aromatic heterocycles. The van der Waals surface area contributed by atoms with Gasteiger partial charge in [-0.15, -0.1) is 0 Å². The Morgan fingerprint density at radius 1 is 0.933 bits per heavy atom. The van der Waals surface area contributed by atoms with E-state index >= 15 is 0 Å². The average Bonchev–Trinajstić information content (AvgIpc) is 2.27. The summed E-state index contributed by atoms with van der Waals surface area (Å²) in [4.78, 5) is 10.7. The maximum Gasteiger partial charge on any atom is 0.145 e. The Labute approximate surface area is 95.0 Å². The zero-order valence-electron chi connectivity index (χ0n) is 10.4. The van der Waals surface area contributed by atoms with Gasteiger partial charge in [-0.05, 0) is 31.3 Å². The fourth-order valence-corrected chi connectivity index (χ4v) is 1.63. The molecule has 15 heavy (non-hydrogen) atoms. The van der Waals surface area contributed by atoms with Crippen molar-refractivity contribution >= 4 is 6.29 Å². The topological polar surface area (TPSA) is 17.1 Å². The summed E-state index contributed by atoms with van der Waals surface area (Å²) < 4.78 is 0. The first kappa shape index (κ1) is 14.4. The summed E-state index contributed by atoms with van der Waals surface area (Å²) in [5.41, 5.74) is 1.01. The van der Waals surface area contributed by atoms with Crippen LogP contribution < -0.4 is 0 Å². The summed E-state index contributed by atoms with van der Waals surface area (Å²) in [6.45, 7) is 4.39. The second kappa shape index (κ2) is 11.5. The monoisotopic (exact) mass is 210 g/mol. The van der Waals surface area contributed by atoms with Crippen molar-refractivity contribution in [1.82, 2.24) is 0 Å². The van der Waals surface area contributed by atoms with E-state index in [-0.39, 0.29) is 0 Å². The number of carbonyl (C=O) groups excluding carboxylic acids is 1. The highest BCUT2D eigenvalue weighted by Crippen LogP contribution is 2.09. The molecule has 0 spiro atoms. The van der Waals surface area contributed by atoms with E-state index in [2.05, 4.69) is 19.9 Å². The second-order valence-electron chi connectivity index (χ2n) is 4.20. The van der Waals surface area contributed by atoms with Gasteiger partial charge in [-0.2, -0.15) is 0 Å². The van der Waals surface area contributed by atoms with E-state index in [1.807, 2.05) is 0 Å². The molecule has 0 atom stereocenters. The Balaban J connectivity index is 3.48. The molecular formula is C14H26O. The van der Waals surface area contributed by atoms with Crippen molar-refractivity contribution in [1.29, 1.82) is 0 Å². The molecule has 0 aliphatic rings. The lowest BCUT2D eigenvalue weighted by Crippen LogP contribution is -1.86. The molecule has 0 amide bonds. The number of aldehydes is 1. The Morgan fingerprint density at radius 3 is 2.20 bits per heavy atom. The fraction of sp³-hybridized carbons (Fsp3) is 0.786. The number of hydrogen-bond donors (Lipinski definition) is 0. The van der Waals surface area contributed by atoms with Crippen LogP contribution in [0.1, 0.15) is 71.6 Å². The zero-order valence-corrected chi connectivity index (χ0v) is 10.4. The third-order valence-corrected chi connectivity index (χ3v) is 2.68. The van der Waals surface area contributed by atoms with Gasteiger partial charge in [0.15, 0.2) is 0 Å². The van der Waals surface area contributed by atoms with Crippen LogP contribution in [-0.4, -0.2) is 6.29 Å². The molecule has 1 nitrogen and oxygen atoms in total. The third-order valence-electron chi connectivity index (χ3n) is 2.68. The molecule has 0 aromatic carbocycles. The first-order valence-electron chi connectivity index (χ1n) is 6.49. The molecule has 0 saturated carbocycles. The molecule has 0 rings (SSSR count). The van der Waals surface area contributed by atoms with Gasteiger partial charge in [0.1, 0.15) is 6.29 Å². The van der Waals surface area contributed by atoms with Gasteiger partial charge in [-0.1, -0.05) is 52.0 Å². The van der Waals surface area contributed by atoms with Crippen LogP contribution in [0.5, 0.6) is 0 Å². The molecular weight excluding hydrogens is 184 g/mol. The summed E-state index contributed by atoms with van der Waals surface area (Å²) in [5.74, 6) is 0. The van der Waals surface area contributed by atoms with Gasteiger partial charge in [0.25, 0.3) is 0 Å². The molecule has 0 aromatic rings. The predicted octanol–water partition coefficient (Wildman–Crippen LogP) is 4.66. The van der Waals surface area contributed by atoms with Crippen LogP contribution in [0.3, 0.4) is 0 Å². The maximum absolute atomic E-state index is 10.7. The van der Waals surface area contributed by atoms with Gasteiger partial charge in [0.05, 0.1) is 0 Å². The van der Waals surface area contributed by atoms with E-state index in [1.165, 1.54) is 38.5 Å². The van der Waals surface area contributed by atoms with Crippen LogP contribution in [0.25, 0.3) is 0 Å². The molecule has 0 aliphatic carbocycles. The summed E-state index contributed by atoms with van der Waals surface area (Å²) in [5, 5.41) is 0. The van der Waals surface area contributed by atoms with Crippen LogP contribution in [0.2, 0.25) is 0 Å². The Hall–Kier alpha value is -0.590. The molecule has 0 unspecified atom stereocenters. The van der Waals surface area contributed by atoms with Crippen molar-refractivity contribution in [3.63, 3.8) is 0 Å². The van der Waals surface area contributed by atoms with Gasteiger partial charge < -0.3 is 0 Å². The van der Waals surface area contributed by atoms with Crippen LogP contribution in [0.4, 0.5) is 0 Å². The smallest absolute Gasteiger partial charge is 0.145 e. The van der Waals surface area contributed by atoms with Crippen LogP contribution in [0.15, 0.2) is 11.6 Å². The van der Waals surface area contributed by atoms with Crippen LogP contribution in [-0.2, 0) is 4.79 Å². The van der Waals surface area contributed by atoms with Crippen molar-refractivity contribution in [3.05, 3.63) is 11.6 Å². The van der Waals surface area contributed by atoms with E-state index in [1.54, 1.807) is 0 Å². The summed E-state index contributed by atoms with van der Waals surface area (Å²) in [6.07, 6.45) is 14.1. The number of unbranched alkanes of at least 4 members (excludes halogenated alkanes) is 6. The van der Waals surface area contributed by atoms with E-state index in [9.17, 15) is 4.79 Å². The summed E-state index contributed by atoms with van der Waals surface area (Å²) in [6, 6.07) is 0. The van der Waals surface area contributed by atoms with Crippen molar-refractivity contribution in [2.45, 2.75) is 71.6 Å². The highest BCUT2D eigenvalue weighted by atomic mass is 16.1. The van der Waals surface area contributed by atoms with E-state index < -0.39 is 0 Å². The predicted molar refractivity (Wildman–Crippen MR) is 67.0 cm³/mol. The Bertz CT molecular complexity index is 170. The Kier molecular flexibility index (Phi) is 11.0. The maximum atomic E-state index is 10.7. The number of hydrogen-bond acceptors (Lipinski definition) is 1. The van der Waals surface area contributed by atoms with Crippen molar-refractivity contribution in [2.75, 3.05) is 0 Å². The van der Waals surface area contributed by atoms with E-state index in [0.717, 1.165) is 31.1 Å². The first-order chi connectivity index (χ1) is 7.35. The molecule has 1 heteroatoms. The molecule has 0 heterocycles. The minimum Gasteiger partial charge on any atom is -0.298 e. The van der Waals surface area contributed by atoms with Gasteiger partial charge in [-0.25, -0.2) is 0 Å². The highest BCUT2D eigenvalue weighted by molar-refractivity contribution is 5.72. The molecule has 0 N–H and O–H groups in total. The Morgan fingerprint density at radius 2 is 1.60 bits per heavy atom. The van der Waals surface area contributed by atoms with Gasteiger partial charge in [-0.3, -0.25) is 4.79 Å². The molecule has 0 bridgehead atoms. The largest absolute Gasteiger partial charge is 0.298 e. The normalized spacial score (nSPS) is 11.7. The lowest BCUT2D eigenvalue weighted by atomic mass is 10.1. The molecule has 0 fully saturated rings. The zero-order chi connectivity index (χ0) is 11.4. The number of allylic oxidation sites excluding steroid dienone is 2. The van der Waals surface area contributed by atoms with Gasteiger partial charge in [0, 0.05) is 0 Å². The van der Waals surface area contributed by atoms with Crippen molar-refractivity contribution in [3.8, 4) is 0 Å². The van der Waals surface area contributed by atoms with Crippen LogP contribution in [0, 0.1) is 0 Å². The number of rotatable bonds is 10.